The maximum absolute atomic E-state index is 12.7. The molecule has 0 saturated carbocycles. The van der Waals surface area contributed by atoms with Gasteiger partial charge in [-0.25, -0.2) is 4.98 Å². The number of methoxy groups -OCH3 is 1. The molecule has 1 fully saturated rings. The minimum absolute atomic E-state index is 0.0727. The van der Waals surface area contributed by atoms with Crippen LogP contribution in [0.25, 0.3) is 21.9 Å². The summed E-state index contributed by atoms with van der Waals surface area (Å²) < 4.78 is 16.9. The summed E-state index contributed by atoms with van der Waals surface area (Å²) in [4.78, 5) is 18.9. The first-order valence-corrected chi connectivity index (χ1v) is 9.09. The number of benzene rings is 2. The van der Waals surface area contributed by atoms with Gasteiger partial charge in [-0.1, -0.05) is 30.3 Å². The number of likely N-dealkylation sites (tertiary alicyclic amines) is 1. The summed E-state index contributed by atoms with van der Waals surface area (Å²) in [6.45, 7) is 1.00. The van der Waals surface area contributed by atoms with Crippen LogP contribution in [0.3, 0.4) is 0 Å². The molecule has 28 heavy (non-hydrogen) atoms. The number of aromatic nitrogens is 1. The standard InChI is InChI=1S/C22H18N2O4/c1-26-18-8-4-6-15-11-19(28-21(15)18)22(25)24-12-16(13-24)27-20-10-9-14-5-2-3-7-17(14)23-20/h2-11,16H,12-13H2,1H3. The summed E-state index contributed by atoms with van der Waals surface area (Å²) >= 11 is 0. The van der Waals surface area contributed by atoms with Gasteiger partial charge in [0.1, 0.15) is 6.10 Å². The Morgan fingerprint density at radius 2 is 1.89 bits per heavy atom. The lowest BCUT2D eigenvalue weighted by atomic mass is 10.1. The van der Waals surface area contributed by atoms with Crippen molar-refractivity contribution in [3.63, 3.8) is 0 Å². The Balaban J connectivity index is 1.26. The van der Waals surface area contributed by atoms with E-state index in [-0.39, 0.29) is 12.0 Å². The number of amides is 1. The van der Waals surface area contributed by atoms with Crippen LogP contribution >= 0.6 is 0 Å². The molecule has 1 amide bonds. The van der Waals surface area contributed by atoms with E-state index >= 15 is 0 Å². The van der Waals surface area contributed by atoms with E-state index in [1.807, 2.05) is 54.6 Å². The zero-order valence-corrected chi connectivity index (χ0v) is 15.3. The third-order valence-electron chi connectivity index (χ3n) is 4.93. The molecule has 0 atom stereocenters. The van der Waals surface area contributed by atoms with E-state index in [4.69, 9.17) is 13.9 Å². The van der Waals surface area contributed by atoms with Gasteiger partial charge in [-0.15, -0.1) is 0 Å². The molecular formula is C22H18N2O4. The van der Waals surface area contributed by atoms with Crippen molar-refractivity contribution in [3.05, 3.63) is 66.4 Å². The predicted molar refractivity (Wildman–Crippen MR) is 105 cm³/mol. The van der Waals surface area contributed by atoms with Crippen LogP contribution in [0.5, 0.6) is 11.6 Å². The van der Waals surface area contributed by atoms with Gasteiger partial charge in [0.15, 0.2) is 17.1 Å². The molecule has 2 aromatic heterocycles. The van der Waals surface area contributed by atoms with Crippen LogP contribution in [0, 0.1) is 0 Å². The molecule has 0 aliphatic carbocycles. The van der Waals surface area contributed by atoms with Crippen molar-refractivity contribution in [1.29, 1.82) is 0 Å². The summed E-state index contributed by atoms with van der Waals surface area (Å²) in [6.07, 6.45) is -0.0727. The average molecular weight is 374 g/mol. The number of nitrogens with zero attached hydrogens (tertiary/aromatic N) is 2. The molecule has 1 saturated heterocycles. The fourth-order valence-electron chi connectivity index (χ4n) is 3.42. The molecule has 0 bridgehead atoms. The molecule has 6 heteroatoms. The number of hydrogen-bond donors (Lipinski definition) is 0. The first-order valence-electron chi connectivity index (χ1n) is 9.09. The fraction of sp³-hybridized carbons (Fsp3) is 0.182. The molecule has 0 radical (unpaired) electrons. The van der Waals surface area contributed by atoms with Gasteiger partial charge < -0.3 is 18.8 Å². The number of furan rings is 1. The Morgan fingerprint density at radius 1 is 1.07 bits per heavy atom. The normalized spacial score (nSPS) is 14.2. The molecule has 3 heterocycles. The second-order valence-electron chi connectivity index (χ2n) is 6.78. The van der Waals surface area contributed by atoms with Crippen LogP contribution in [0.2, 0.25) is 0 Å². The Morgan fingerprint density at radius 3 is 2.75 bits per heavy atom. The van der Waals surface area contributed by atoms with Crippen LogP contribution in [0.4, 0.5) is 0 Å². The number of para-hydroxylation sites is 2. The van der Waals surface area contributed by atoms with Gasteiger partial charge in [0.2, 0.25) is 5.88 Å². The van der Waals surface area contributed by atoms with E-state index in [9.17, 15) is 4.79 Å². The van der Waals surface area contributed by atoms with Crippen LogP contribution < -0.4 is 9.47 Å². The van der Waals surface area contributed by atoms with Gasteiger partial charge >= 0.3 is 0 Å². The Labute approximate surface area is 161 Å². The Bertz CT molecular complexity index is 1180. The molecule has 1 aliphatic rings. The number of rotatable bonds is 4. The van der Waals surface area contributed by atoms with Gasteiger partial charge in [-0.3, -0.25) is 4.79 Å². The third kappa shape index (κ3) is 2.83. The lowest BCUT2D eigenvalue weighted by molar-refractivity contribution is 0.0141. The summed E-state index contributed by atoms with van der Waals surface area (Å²) in [5.74, 6) is 1.35. The molecule has 6 nitrogen and oxygen atoms in total. The van der Waals surface area contributed by atoms with Gasteiger partial charge in [0, 0.05) is 16.8 Å². The van der Waals surface area contributed by atoms with E-state index in [1.165, 1.54) is 0 Å². The van der Waals surface area contributed by atoms with Crippen LogP contribution in [-0.2, 0) is 0 Å². The number of pyridine rings is 1. The zero-order valence-electron chi connectivity index (χ0n) is 15.3. The molecule has 4 aromatic rings. The molecule has 2 aromatic carbocycles. The summed E-state index contributed by atoms with van der Waals surface area (Å²) in [7, 11) is 1.58. The molecule has 0 N–H and O–H groups in total. The third-order valence-corrected chi connectivity index (χ3v) is 4.93. The lowest BCUT2D eigenvalue weighted by Gasteiger charge is -2.38. The van der Waals surface area contributed by atoms with Crippen molar-refractivity contribution in [1.82, 2.24) is 9.88 Å². The average Bonchev–Trinajstić information content (AvgIpc) is 3.14. The van der Waals surface area contributed by atoms with Gasteiger partial charge in [-0.05, 0) is 24.3 Å². The van der Waals surface area contributed by atoms with Gasteiger partial charge in [0.05, 0.1) is 25.7 Å². The van der Waals surface area contributed by atoms with E-state index in [1.54, 1.807) is 18.1 Å². The molecule has 0 spiro atoms. The fourth-order valence-corrected chi connectivity index (χ4v) is 3.42. The second-order valence-corrected chi connectivity index (χ2v) is 6.78. The molecule has 140 valence electrons. The van der Waals surface area contributed by atoms with E-state index in [0.29, 0.717) is 36.1 Å². The van der Waals surface area contributed by atoms with Crippen LogP contribution in [-0.4, -0.2) is 42.1 Å². The van der Waals surface area contributed by atoms with Crippen molar-refractivity contribution in [2.75, 3.05) is 20.2 Å². The molecule has 0 unspecified atom stereocenters. The highest BCUT2D eigenvalue weighted by molar-refractivity contribution is 5.97. The second kappa shape index (κ2) is 6.56. The lowest BCUT2D eigenvalue weighted by Crippen LogP contribution is -2.56. The summed E-state index contributed by atoms with van der Waals surface area (Å²) in [5, 5.41) is 1.91. The van der Waals surface area contributed by atoms with E-state index in [0.717, 1.165) is 16.3 Å². The minimum atomic E-state index is -0.149. The van der Waals surface area contributed by atoms with Crippen molar-refractivity contribution >= 4 is 27.8 Å². The number of hydrogen-bond acceptors (Lipinski definition) is 5. The monoisotopic (exact) mass is 374 g/mol. The first kappa shape index (κ1) is 16.6. The number of fused-ring (bicyclic) bond motifs is 2. The number of carbonyl (C=O) groups is 1. The highest BCUT2D eigenvalue weighted by Crippen LogP contribution is 2.30. The van der Waals surface area contributed by atoms with Crippen molar-refractivity contribution in [3.8, 4) is 11.6 Å². The maximum atomic E-state index is 12.7. The highest BCUT2D eigenvalue weighted by Gasteiger charge is 2.34. The quantitative estimate of drug-likeness (QED) is 0.542. The first-order chi connectivity index (χ1) is 13.7. The minimum Gasteiger partial charge on any atom is -0.493 e. The van der Waals surface area contributed by atoms with Crippen LogP contribution in [0.1, 0.15) is 10.6 Å². The summed E-state index contributed by atoms with van der Waals surface area (Å²) in [5.41, 5.74) is 1.48. The Hall–Kier alpha value is -3.54. The number of carbonyl (C=O) groups excluding carboxylic acids is 1. The SMILES string of the molecule is COc1cccc2cc(C(=O)N3CC(Oc4ccc5ccccc5n4)C3)oc12. The van der Waals surface area contributed by atoms with Gasteiger partial charge in [0.25, 0.3) is 5.91 Å². The van der Waals surface area contributed by atoms with Crippen molar-refractivity contribution in [2.45, 2.75) is 6.10 Å². The number of ether oxygens (including phenoxy) is 2. The zero-order chi connectivity index (χ0) is 19.1. The predicted octanol–water partition coefficient (Wildman–Crippen LogP) is 3.89. The molecule has 5 rings (SSSR count). The largest absolute Gasteiger partial charge is 0.493 e. The topological polar surface area (TPSA) is 64.8 Å². The van der Waals surface area contributed by atoms with Crippen LogP contribution in [0.15, 0.2) is 65.1 Å². The maximum Gasteiger partial charge on any atom is 0.289 e. The van der Waals surface area contributed by atoms with Gasteiger partial charge in [-0.2, -0.15) is 0 Å². The van der Waals surface area contributed by atoms with Crippen molar-refractivity contribution in [2.24, 2.45) is 0 Å². The Kier molecular flexibility index (Phi) is 3.90. The van der Waals surface area contributed by atoms with Crippen molar-refractivity contribution < 1.29 is 18.7 Å². The summed E-state index contributed by atoms with van der Waals surface area (Å²) in [6, 6.07) is 19.1. The molecule has 1 aliphatic heterocycles. The van der Waals surface area contributed by atoms with E-state index < -0.39 is 0 Å². The smallest absolute Gasteiger partial charge is 0.289 e. The molecular weight excluding hydrogens is 356 g/mol. The highest BCUT2D eigenvalue weighted by atomic mass is 16.5. The van der Waals surface area contributed by atoms with E-state index in [2.05, 4.69) is 4.98 Å².